The number of rotatable bonds is 11. The van der Waals surface area contributed by atoms with Gasteiger partial charge in [-0.05, 0) is 43.7 Å². The van der Waals surface area contributed by atoms with E-state index in [1.54, 1.807) is 24.3 Å². The fourth-order valence-electron chi connectivity index (χ4n) is 5.67. The van der Waals surface area contributed by atoms with Gasteiger partial charge in [0.2, 0.25) is 17.7 Å². The summed E-state index contributed by atoms with van der Waals surface area (Å²) in [4.78, 5) is 66.7. The molecule has 2 saturated heterocycles. The van der Waals surface area contributed by atoms with Crippen molar-refractivity contribution in [2.75, 3.05) is 13.7 Å². The van der Waals surface area contributed by atoms with Crippen molar-refractivity contribution >= 4 is 29.8 Å². The lowest BCUT2D eigenvalue weighted by Gasteiger charge is -2.44. The summed E-state index contributed by atoms with van der Waals surface area (Å²) in [6, 6.07) is 14.9. The Hall–Kier alpha value is -4.45. The van der Waals surface area contributed by atoms with Crippen LogP contribution in [0.4, 0.5) is 4.79 Å². The molecule has 12 heteroatoms. The zero-order valence-corrected chi connectivity index (χ0v) is 24.3. The third-order valence-electron chi connectivity index (χ3n) is 7.96. The molecule has 2 fully saturated rings. The Labute approximate surface area is 250 Å². The van der Waals surface area contributed by atoms with Crippen molar-refractivity contribution in [3.8, 4) is 0 Å². The third kappa shape index (κ3) is 7.50. The summed E-state index contributed by atoms with van der Waals surface area (Å²) >= 11 is 0. The number of amides is 4. The minimum Gasteiger partial charge on any atom is -0.467 e. The van der Waals surface area contributed by atoms with E-state index in [-0.39, 0.29) is 25.9 Å². The normalized spacial score (nSPS) is 21.5. The summed E-state index contributed by atoms with van der Waals surface area (Å²) in [6.45, 7) is 1.63. The van der Waals surface area contributed by atoms with Crippen molar-refractivity contribution in [1.29, 1.82) is 0 Å². The summed E-state index contributed by atoms with van der Waals surface area (Å²) in [5.41, 5.74) is 0.427. The first-order valence-electron chi connectivity index (χ1n) is 14.3. The van der Waals surface area contributed by atoms with E-state index < -0.39 is 59.6 Å². The molecule has 4 amide bonds. The number of carbonyl (C=O) groups excluding carboxylic acids is 5. The number of hydrogen-bond donors (Lipinski definition) is 4. The van der Waals surface area contributed by atoms with Gasteiger partial charge in [-0.1, -0.05) is 60.7 Å². The zero-order chi connectivity index (χ0) is 31.0. The molecule has 0 radical (unpaired) electrons. The number of benzene rings is 2. The maximum Gasteiger partial charge on any atom is 0.408 e. The predicted octanol–water partition coefficient (Wildman–Crippen LogP) is 1.20. The van der Waals surface area contributed by atoms with Gasteiger partial charge in [0.15, 0.2) is 0 Å². The van der Waals surface area contributed by atoms with Gasteiger partial charge in [0.25, 0.3) is 0 Å². The van der Waals surface area contributed by atoms with Gasteiger partial charge in [0.05, 0.1) is 13.2 Å². The second kappa shape index (κ2) is 14.1. The van der Waals surface area contributed by atoms with Crippen molar-refractivity contribution in [1.82, 2.24) is 20.9 Å². The van der Waals surface area contributed by atoms with E-state index >= 15 is 0 Å². The van der Waals surface area contributed by atoms with Gasteiger partial charge in [-0.3, -0.25) is 14.4 Å². The maximum absolute atomic E-state index is 13.7. The van der Waals surface area contributed by atoms with E-state index in [4.69, 9.17) is 9.47 Å². The van der Waals surface area contributed by atoms with Crippen LogP contribution >= 0.6 is 0 Å². The minimum atomic E-state index is -1.37. The smallest absolute Gasteiger partial charge is 0.408 e. The molecule has 2 aliphatic rings. The highest BCUT2D eigenvalue weighted by Crippen LogP contribution is 2.39. The van der Waals surface area contributed by atoms with Crippen LogP contribution in [0.2, 0.25) is 0 Å². The highest BCUT2D eigenvalue weighted by molar-refractivity contribution is 5.98. The predicted molar refractivity (Wildman–Crippen MR) is 154 cm³/mol. The average molecular weight is 595 g/mol. The largest absolute Gasteiger partial charge is 0.467 e. The Morgan fingerprint density at radius 3 is 2.28 bits per heavy atom. The number of methoxy groups -OCH3 is 1. The average Bonchev–Trinajstić information content (AvgIpc) is 3.46. The SMILES string of the molecule is COC(=O)[C@H](Cc1ccccc1)NC(=O)[C@]12CCCN1C(=O)[C@H](NC(=O)[C@H](NC(=O)OCc1ccccc1)C(C)O)CC2. The number of esters is 1. The van der Waals surface area contributed by atoms with Crippen LogP contribution in [0.25, 0.3) is 0 Å². The Morgan fingerprint density at radius 2 is 1.65 bits per heavy atom. The third-order valence-corrected chi connectivity index (χ3v) is 7.96. The lowest BCUT2D eigenvalue weighted by atomic mass is 9.83. The minimum absolute atomic E-state index is 0.0246. The monoisotopic (exact) mass is 594 g/mol. The second-order valence-electron chi connectivity index (χ2n) is 10.9. The van der Waals surface area contributed by atoms with Crippen molar-refractivity contribution in [3.05, 3.63) is 71.8 Å². The lowest BCUT2D eigenvalue weighted by molar-refractivity contribution is -0.154. The Kier molecular flexibility index (Phi) is 10.4. The summed E-state index contributed by atoms with van der Waals surface area (Å²) in [7, 11) is 1.25. The Balaban J connectivity index is 1.39. The molecule has 2 aliphatic heterocycles. The highest BCUT2D eigenvalue weighted by atomic mass is 16.5. The van der Waals surface area contributed by atoms with Crippen LogP contribution in [0.1, 0.15) is 43.7 Å². The molecule has 43 heavy (non-hydrogen) atoms. The maximum atomic E-state index is 13.7. The molecule has 5 atom stereocenters. The van der Waals surface area contributed by atoms with E-state index in [0.717, 1.165) is 11.1 Å². The van der Waals surface area contributed by atoms with Gasteiger partial charge < -0.3 is 35.4 Å². The number of aliphatic hydroxyl groups excluding tert-OH is 1. The number of piperidine rings is 1. The van der Waals surface area contributed by atoms with Crippen LogP contribution in [-0.4, -0.2) is 83.2 Å². The van der Waals surface area contributed by atoms with Gasteiger partial charge in [0, 0.05) is 13.0 Å². The van der Waals surface area contributed by atoms with Gasteiger partial charge in [-0.15, -0.1) is 0 Å². The van der Waals surface area contributed by atoms with Crippen LogP contribution in [0.15, 0.2) is 60.7 Å². The first-order valence-corrected chi connectivity index (χ1v) is 14.3. The molecular weight excluding hydrogens is 556 g/mol. The number of fused-ring (bicyclic) bond motifs is 1. The first-order chi connectivity index (χ1) is 20.6. The number of nitrogens with zero attached hydrogens (tertiary/aromatic N) is 1. The summed E-state index contributed by atoms with van der Waals surface area (Å²) in [5, 5.41) is 18.0. The summed E-state index contributed by atoms with van der Waals surface area (Å²) in [5.74, 6) is -2.24. The van der Waals surface area contributed by atoms with Crippen LogP contribution in [0.3, 0.4) is 0 Å². The van der Waals surface area contributed by atoms with Gasteiger partial charge in [-0.25, -0.2) is 9.59 Å². The molecule has 12 nitrogen and oxygen atoms in total. The van der Waals surface area contributed by atoms with Crippen molar-refractivity contribution in [2.45, 2.75) is 75.4 Å². The van der Waals surface area contributed by atoms with E-state index in [1.165, 1.54) is 18.9 Å². The number of nitrogens with one attached hydrogen (secondary N) is 3. The van der Waals surface area contributed by atoms with Crippen molar-refractivity contribution < 1.29 is 38.6 Å². The number of ether oxygens (including phenoxy) is 2. The molecule has 0 saturated carbocycles. The molecule has 2 heterocycles. The van der Waals surface area contributed by atoms with Crippen LogP contribution in [0.5, 0.6) is 0 Å². The number of alkyl carbamates (subject to hydrolysis) is 1. The van der Waals surface area contributed by atoms with Crippen LogP contribution in [0, 0.1) is 0 Å². The molecule has 1 unspecified atom stereocenters. The van der Waals surface area contributed by atoms with E-state index in [9.17, 15) is 29.1 Å². The number of aliphatic hydroxyl groups is 1. The lowest BCUT2D eigenvalue weighted by Crippen LogP contribution is -2.67. The highest BCUT2D eigenvalue weighted by Gasteiger charge is 2.54. The van der Waals surface area contributed by atoms with Gasteiger partial charge in [0.1, 0.15) is 30.3 Å². The molecule has 0 spiro atoms. The molecule has 0 aromatic heterocycles. The van der Waals surface area contributed by atoms with Gasteiger partial charge in [-0.2, -0.15) is 0 Å². The second-order valence-corrected chi connectivity index (χ2v) is 10.9. The molecule has 4 N–H and O–H groups in total. The van der Waals surface area contributed by atoms with Crippen LogP contribution in [-0.2, 0) is 41.7 Å². The standard InChI is InChI=1S/C31H38N4O8/c1-20(36)25(34-30(41)43-19-22-12-7-4-8-13-22)26(37)32-23-14-16-31(15-9-17-35(31)27(23)38)29(40)33-24(28(39)42-2)18-21-10-5-3-6-11-21/h3-8,10-13,20,23-25,36H,9,14-19H2,1-2H3,(H,32,37)(H,33,40)(H,34,41)/t20?,23-,24+,25-,31-/m1/s1. The Bertz CT molecular complexity index is 1310. The zero-order valence-electron chi connectivity index (χ0n) is 24.3. The topological polar surface area (TPSA) is 163 Å². The summed E-state index contributed by atoms with van der Waals surface area (Å²) < 4.78 is 10.1. The van der Waals surface area contributed by atoms with E-state index in [1.807, 2.05) is 36.4 Å². The number of carbonyl (C=O) groups is 5. The van der Waals surface area contributed by atoms with E-state index in [0.29, 0.717) is 19.4 Å². The molecule has 2 aromatic rings. The quantitative estimate of drug-likeness (QED) is 0.282. The summed E-state index contributed by atoms with van der Waals surface area (Å²) in [6.07, 6.45) is -0.557. The van der Waals surface area contributed by atoms with Crippen molar-refractivity contribution in [2.24, 2.45) is 0 Å². The molecule has 4 rings (SSSR count). The molecular formula is C31H38N4O8. The van der Waals surface area contributed by atoms with Crippen LogP contribution < -0.4 is 16.0 Å². The fourth-order valence-corrected chi connectivity index (χ4v) is 5.67. The first kappa shape index (κ1) is 31.5. The molecule has 0 bridgehead atoms. The fraction of sp³-hybridized carbons (Fsp3) is 0.452. The van der Waals surface area contributed by atoms with Crippen molar-refractivity contribution in [3.63, 3.8) is 0 Å². The molecule has 2 aromatic carbocycles. The molecule has 0 aliphatic carbocycles. The van der Waals surface area contributed by atoms with E-state index in [2.05, 4.69) is 16.0 Å². The number of hydrogen-bond acceptors (Lipinski definition) is 8. The van der Waals surface area contributed by atoms with Gasteiger partial charge >= 0.3 is 12.1 Å². The Morgan fingerprint density at radius 1 is 1.00 bits per heavy atom. The molecule has 230 valence electrons.